The van der Waals surface area contributed by atoms with Gasteiger partial charge in [0.1, 0.15) is 0 Å². The van der Waals surface area contributed by atoms with Gasteiger partial charge in [-0.3, -0.25) is 9.69 Å². The zero-order chi connectivity index (χ0) is 19.9. The van der Waals surface area contributed by atoms with E-state index in [2.05, 4.69) is 58.5 Å². The number of carbonyl (C=O) groups excluding carboxylic acids is 1. The summed E-state index contributed by atoms with van der Waals surface area (Å²) in [6.07, 6.45) is 4.49. The molecule has 0 bridgehead atoms. The van der Waals surface area contributed by atoms with Crippen molar-refractivity contribution in [2.24, 2.45) is 0 Å². The highest BCUT2D eigenvalue weighted by Gasteiger charge is 2.40. The summed E-state index contributed by atoms with van der Waals surface area (Å²) in [5, 5.41) is 6.79. The van der Waals surface area contributed by atoms with Crippen LogP contribution in [0.3, 0.4) is 0 Å². The van der Waals surface area contributed by atoms with Crippen LogP contribution in [0.5, 0.6) is 0 Å². The van der Waals surface area contributed by atoms with E-state index in [0.29, 0.717) is 18.6 Å². The topological polar surface area (TPSA) is 47.6 Å². The lowest BCUT2D eigenvalue weighted by Crippen LogP contribution is -2.51. The first-order chi connectivity index (χ1) is 13.6. The monoisotopic (exact) mass is 386 g/mol. The van der Waals surface area contributed by atoms with E-state index in [1.807, 2.05) is 6.92 Å². The van der Waals surface area contributed by atoms with E-state index >= 15 is 0 Å². The molecule has 5 heteroatoms. The second kappa shape index (κ2) is 10.4. The van der Waals surface area contributed by atoms with Crippen LogP contribution in [0.2, 0.25) is 0 Å². The van der Waals surface area contributed by atoms with Crippen LogP contribution < -0.4 is 10.6 Å². The van der Waals surface area contributed by atoms with E-state index in [0.717, 1.165) is 19.5 Å². The molecule has 156 valence electrons. The lowest BCUT2D eigenvalue weighted by atomic mass is 10.0. The number of likely N-dealkylation sites (N-methyl/N-ethyl adjacent to an activating group) is 1. The quantitative estimate of drug-likeness (QED) is 0.721. The van der Waals surface area contributed by atoms with Crippen molar-refractivity contribution in [2.75, 3.05) is 32.7 Å². The molecule has 28 heavy (non-hydrogen) atoms. The summed E-state index contributed by atoms with van der Waals surface area (Å²) >= 11 is 0. The minimum Gasteiger partial charge on any atom is -0.355 e. The van der Waals surface area contributed by atoms with Gasteiger partial charge in [0.2, 0.25) is 5.91 Å². The standard InChI is InChI=1S/C23H38N4O/c1-4-11-26-12-9-21(10-13-26)27-17-20(15-22(27)23(28)24-5-2)25-16-19-8-6-7-18(3)14-19/h6-8,14,20-22,25H,4-5,9-13,15-17H2,1-3H3,(H,24,28)/t20-,22+/m1/s1. The summed E-state index contributed by atoms with van der Waals surface area (Å²) in [5.74, 6) is 0.207. The normalized spacial score (nSPS) is 24.5. The van der Waals surface area contributed by atoms with Crippen LogP contribution in [0.25, 0.3) is 0 Å². The molecule has 5 nitrogen and oxygen atoms in total. The summed E-state index contributed by atoms with van der Waals surface area (Å²) in [4.78, 5) is 17.8. The molecule has 1 aromatic rings. The van der Waals surface area contributed by atoms with Gasteiger partial charge < -0.3 is 15.5 Å². The van der Waals surface area contributed by atoms with E-state index < -0.39 is 0 Å². The Morgan fingerprint density at radius 3 is 2.68 bits per heavy atom. The first-order valence-electron chi connectivity index (χ1n) is 11.2. The Labute approximate surface area is 170 Å². The third-order valence-corrected chi connectivity index (χ3v) is 6.24. The SMILES string of the molecule is CCCN1CCC(N2C[C@H](NCc3cccc(C)c3)C[C@H]2C(=O)NCC)CC1. The van der Waals surface area contributed by atoms with Gasteiger partial charge in [-0.2, -0.15) is 0 Å². The molecule has 0 spiro atoms. The fourth-order valence-corrected chi connectivity index (χ4v) is 4.84. The van der Waals surface area contributed by atoms with Gasteiger partial charge in [0, 0.05) is 31.7 Å². The molecule has 0 radical (unpaired) electrons. The molecule has 2 heterocycles. The summed E-state index contributed by atoms with van der Waals surface area (Å²) in [6, 6.07) is 9.60. The predicted octanol–water partition coefficient (Wildman–Crippen LogP) is 2.54. The molecule has 0 aliphatic carbocycles. The van der Waals surface area contributed by atoms with Gasteiger partial charge in [-0.25, -0.2) is 0 Å². The van der Waals surface area contributed by atoms with Crippen LogP contribution in [0.4, 0.5) is 0 Å². The summed E-state index contributed by atoms with van der Waals surface area (Å²) in [6.45, 7) is 12.5. The Balaban J connectivity index is 1.60. The zero-order valence-electron chi connectivity index (χ0n) is 17.9. The Morgan fingerprint density at radius 1 is 1.21 bits per heavy atom. The second-order valence-electron chi connectivity index (χ2n) is 8.48. The average molecular weight is 387 g/mol. The number of amides is 1. The van der Waals surface area contributed by atoms with Crippen LogP contribution in [0.1, 0.15) is 50.7 Å². The third-order valence-electron chi connectivity index (χ3n) is 6.24. The number of aryl methyl sites for hydroxylation is 1. The number of rotatable bonds is 8. The maximum absolute atomic E-state index is 12.7. The number of piperidine rings is 1. The number of benzene rings is 1. The number of likely N-dealkylation sites (tertiary alicyclic amines) is 2. The smallest absolute Gasteiger partial charge is 0.237 e. The Kier molecular flexibility index (Phi) is 7.89. The largest absolute Gasteiger partial charge is 0.355 e. The van der Waals surface area contributed by atoms with Crippen molar-refractivity contribution in [2.45, 2.75) is 71.1 Å². The van der Waals surface area contributed by atoms with Crippen molar-refractivity contribution >= 4 is 5.91 Å². The maximum Gasteiger partial charge on any atom is 0.237 e. The summed E-state index contributed by atoms with van der Waals surface area (Å²) in [5.41, 5.74) is 2.62. The minimum absolute atomic E-state index is 0.0117. The fraction of sp³-hybridized carbons (Fsp3) is 0.696. The molecule has 3 rings (SSSR count). The fourth-order valence-electron chi connectivity index (χ4n) is 4.84. The van der Waals surface area contributed by atoms with E-state index in [1.54, 1.807) is 0 Å². The second-order valence-corrected chi connectivity index (χ2v) is 8.48. The van der Waals surface area contributed by atoms with Gasteiger partial charge in [0.05, 0.1) is 6.04 Å². The highest BCUT2D eigenvalue weighted by molar-refractivity contribution is 5.82. The molecule has 2 aliphatic heterocycles. The number of carbonyl (C=O) groups is 1. The first kappa shape index (κ1) is 21.3. The number of hydrogen-bond donors (Lipinski definition) is 2. The van der Waals surface area contributed by atoms with Gasteiger partial charge in [-0.15, -0.1) is 0 Å². The molecule has 1 aromatic carbocycles. The molecule has 1 amide bonds. The Morgan fingerprint density at radius 2 is 2.00 bits per heavy atom. The van der Waals surface area contributed by atoms with Gasteiger partial charge in [0.15, 0.2) is 0 Å². The molecule has 2 fully saturated rings. The molecule has 2 saturated heterocycles. The van der Waals surface area contributed by atoms with Crippen LogP contribution >= 0.6 is 0 Å². The molecule has 0 saturated carbocycles. The summed E-state index contributed by atoms with van der Waals surface area (Å²) in [7, 11) is 0. The van der Waals surface area contributed by atoms with E-state index in [1.165, 1.54) is 50.0 Å². The van der Waals surface area contributed by atoms with Crippen molar-refractivity contribution in [3.8, 4) is 0 Å². The number of hydrogen-bond acceptors (Lipinski definition) is 4. The minimum atomic E-state index is 0.0117. The predicted molar refractivity (Wildman–Crippen MR) is 115 cm³/mol. The van der Waals surface area contributed by atoms with Crippen LogP contribution in [-0.2, 0) is 11.3 Å². The van der Waals surface area contributed by atoms with Crippen LogP contribution in [0, 0.1) is 6.92 Å². The lowest BCUT2D eigenvalue weighted by molar-refractivity contribution is -0.126. The van der Waals surface area contributed by atoms with Gasteiger partial charge >= 0.3 is 0 Å². The van der Waals surface area contributed by atoms with Crippen molar-refractivity contribution in [1.82, 2.24) is 20.4 Å². The molecule has 2 aliphatic rings. The molecule has 0 aromatic heterocycles. The molecule has 2 atom stereocenters. The molecule has 2 N–H and O–H groups in total. The van der Waals surface area contributed by atoms with Crippen LogP contribution in [0.15, 0.2) is 24.3 Å². The summed E-state index contributed by atoms with van der Waals surface area (Å²) < 4.78 is 0. The van der Waals surface area contributed by atoms with E-state index in [4.69, 9.17) is 0 Å². The maximum atomic E-state index is 12.7. The number of nitrogens with one attached hydrogen (secondary N) is 2. The van der Waals surface area contributed by atoms with E-state index in [9.17, 15) is 4.79 Å². The first-order valence-corrected chi connectivity index (χ1v) is 11.2. The van der Waals surface area contributed by atoms with Crippen molar-refractivity contribution < 1.29 is 4.79 Å². The van der Waals surface area contributed by atoms with Crippen molar-refractivity contribution in [1.29, 1.82) is 0 Å². The highest BCUT2D eigenvalue weighted by atomic mass is 16.2. The van der Waals surface area contributed by atoms with Crippen LogP contribution in [-0.4, -0.2) is 66.6 Å². The number of nitrogens with zero attached hydrogens (tertiary/aromatic N) is 2. The highest BCUT2D eigenvalue weighted by Crippen LogP contribution is 2.27. The lowest BCUT2D eigenvalue weighted by Gasteiger charge is -2.38. The van der Waals surface area contributed by atoms with Crippen molar-refractivity contribution in [3.63, 3.8) is 0 Å². The molecular formula is C23H38N4O. The van der Waals surface area contributed by atoms with Crippen molar-refractivity contribution in [3.05, 3.63) is 35.4 Å². The van der Waals surface area contributed by atoms with Gasteiger partial charge in [-0.05, 0) is 64.7 Å². The zero-order valence-corrected chi connectivity index (χ0v) is 17.9. The molecule has 0 unspecified atom stereocenters. The Bertz CT molecular complexity index is 627. The molecular weight excluding hydrogens is 348 g/mol. The van der Waals surface area contributed by atoms with E-state index in [-0.39, 0.29) is 11.9 Å². The van der Waals surface area contributed by atoms with Gasteiger partial charge in [-0.1, -0.05) is 36.8 Å². The van der Waals surface area contributed by atoms with Gasteiger partial charge in [0.25, 0.3) is 0 Å². The third kappa shape index (κ3) is 5.56. The average Bonchev–Trinajstić information content (AvgIpc) is 3.12. The Hall–Kier alpha value is -1.43.